The van der Waals surface area contributed by atoms with E-state index in [-0.39, 0.29) is 17.1 Å². The van der Waals surface area contributed by atoms with Crippen LogP contribution in [0.5, 0.6) is 0 Å². The first-order valence-corrected chi connectivity index (χ1v) is 9.35. The van der Waals surface area contributed by atoms with Crippen LogP contribution in [0.3, 0.4) is 0 Å². The molecule has 1 aromatic heterocycles. The minimum Gasteiger partial charge on any atom is -0.258 e. The lowest BCUT2D eigenvalue weighted by Gasteiger charge is -2.09. The van der Waals surface area contributed by atoms with Crippen LogP contribution in [-0.4, -0.2) is 33.5 Å². The Morgan fingerprint density at radius 3 is 2.44 bits per heavy atom. The Hall–Kier alpha value is -3.18. The van der Waals surface area contributed by atoms with Crippen molar-refractivity contribution in [3.8, 4) is 5.69 Å². The van der Waals surface area contributed by atoms with Gasteiger partial charge in [0.2, 0.25) is 10.0 Å². The second-order valence-corrected chi connectivity index (χ2v) is 7.62. The van der Waals surface area contributed by atoms with E-state index < -0.39 is 14.9 Å². The Balaban J connectivity index is 1.79. The molecule has 0 saturated carbocycles. The fourth-order valence-electron chi connectivity index (χ4n) is 2.36. The number of nitrogens with one attached hydrogen (secondary N) is 1. The molecule has 0 aliphatic carbocycles. The number of benzene rings is 2. The fraction of sp³-hybridized carbons (Fsp3) is 0.188. The first-order chi connectivity index (χ1) is 12.8. The molecule has 0 amide bonds. The number of non-ortho nitro benzene ring substituents is 1. The van der Waals surface area contributed by atoms with Gasteiger partial charge in [-0.25, -0.2) is 13.1 Å². The number of hydrogen-bond acceptors (Lipinski definition) is 7. The zero-order valence-corrected chi connectivity index (χ0v) is 15.3. The lowest BCUT2D eigenvalue weighted by molar-refractivity contribution is -0.384. The number of nitrogens with zero attached hydrogens (tertiary/aromatic N) is 5. The Morgan fingerprint density at radius 2 is 1.81 bits per heavy atom. The van der Waals surface area contributed by atoms with Gasteiger partial charge in [0.15, 0.2) is 5.82 Å². The summed E-state index contributed by atoms with van der Waals surface area (Å²) in [4.78, 5) is 10.00. The predicted octanol–water partition coefficient (Wildman–Crippen LogP) is 1.67. The Bertz CT molecular complexity index is 1090. The number of sulfonamides is 1. The van der Waals surface area contributed by atoms with Gasteiger partial charge in [-0.15, -0.1) is 5.10 Å². The van der Waals surface area contributed by atoms with Crippen LogP contribution in [0.2, 0.25) is 0 Å². The second kappa shape index (κ2) is 7.21. The van der Waals surface area contributed by atoms with Crippen LogP contribution in [0.4, 0.5) is 5.69 Å². The molecule has 1 N–H and O–H groups in total. The molecule has 1 heterocycles. The number of nitro benzene ring substituents is 1. The molecule has 3 aromatic rings. The number of aryl methyl sites for hydroxylation is 2. The van der Waals surface area contributed by atoms with E-state index in [9.17, 15) is 18.5 Å². The number of rotatable bonds is 6. The summed E-state index contributed by atoms with van der Waals surface area (Å²) >= 11 is 0. The lowest BCUT2D eigenvalue weighted by atomic mass is 10.1. The van der Waals surface area contributed by atoms with E-state index in [1.807, 2.05) is 32.0 Å². The lowest BCUT2D eigenvalue weighted by Crippen LogP contribution is -2.25. The Morgan fingerprint density at radius 1 is 1.11 bits per heavy atom. The first kappa shape index (κ1) is 18.6. The highest BCUT2D eigenvalue weighted by molar-refractivity contribution is 7.89. The van der Waals surface area contributed by atoms with Gasteiger partial charge in [-0.2, -0.15) is 4.68 Å². The maximum absolute atomic E-state index is 12.4. The van der Waals surface area contributed by atoms with E-state index in [1.165, 1.54) is 16.8 Å². The van der Waals surface area contributed by atoms with Crippen LogP contribution in [-0.2, 0) is 16.6 Å². The summed E-state index contributed by atoms with van der Waals surface area (Å²) in [5.74, 6) is 0.309. The fourth-order valence-corrected chi connectivity index (χ4v) is 3.34. The predicted molar refractivity (Wildman–Crippen MR) is 95.7 cm³/mol. The molecule has 0 spiro atoms. The zero-order valence-electron chi connectivity index (χ0n) is 14.5. The topological polar surface area (TPSA) is 133 Å². The number of hydrogen-bond donors (Lipinski definition) is 1. The van der Waals surface area contributed by atoms with E-state index >= 15 is 0 Å². The van der Waals surface area contributed by atoms with Gasteiger partial charge in [-0.1, -0.05) is 6.07 Å². The van der Waals surface area contributed by atoms with Crippen molar-refractivity contribution in [2.24, 2.45) is 0 Å². The maximum atomic E-state index is 12.4. The van der Waals surface area contributed by atoms with E-state index in [0.29, 0.717) is 11.5 Å². The van der Waals surface area contributed by atoms with Crippen LogP contribution in [0.25, 0.3) is 5.69 Å². The third-order valence-corrected chi connectivity index (χ3v) is 5.46. The highest BCUT2D eigenvalue weighted by atomic mass is 32.2. The van der Waals surface area contributed by atoms with Gasteiger partial charge in [-0.05, 0) is 59.7 Å². The molecule has 0 atom stereocenters. The maximum Gasteiger partial charge on any atom is 0.269 e. The molecule has 0 aliphatic rings. The van der Waals surface area contributed by atoms with Crippen molar-refractivity contribution in [1.29, 1.82) is 0 Å². The van der Waals surface area contributed by atoms with Crippen molar-refractivity contribution >= 4 is 15.7 Å². The standard InChI is InChI=1S/C16H16N6O4S/c1-11-3-4-14(9-12(11)2)21-16(18-19-20-21)10-17-27(25,26)15-7-5-13(6-8-15)22(23)24/h3-9,17H,10H2,1-2H3. The number of aromatic nitrogens is 4. The summed E-state index contributed by atoms with van der Waals surface area (Å²) in [7, 11) is -3.87. The summed E-state index contributed by atoms with van der Waals surface area (Å²) in [6.45, 7) is 3.80. The van der Waals surface area contributed by atoms with Crippen LogP contribution in [0, 0.1) is 24.0 Å². The van der Waals surface area contributed by atoms with Crippen molar-refractivity contribution in [3.63, 3.8) is 0 Å². The van der Waals surface area contributed by atoms with Gasteiger partial charge in [-0.3, -0.25) is 10.1 Å². The van der Waals surface area contributed by atoms with E-state index in [4.69, 9.17) is 0 Å². The van der Waals surface area contributed by atoms with Gasteiger partial charge < -0.3 is 0 Å². The minimum absolute atomic E-state index is 0.0849. The highest BCUT2D eigenvalue weighted by Gasteiger charge is 2.18. The molecule has 2 aromatic carbocycles. The Labute approximate surface area is 155 Å². The molecule has 0 unspecified atom stereocenters. The normalized spacial score (nSPS) is 11.5. The molecule has 0 fully saturated rings. The van der Waals surface area contributed by atoms with Crippen LogP contribution >= 0.6 is 0 Å². The molecular formula is C16H16N6O4S. The smallest absolute Gasteiger partial charge is 0.258 e. The summed E-state index contributed by atoms with van der Waals surface area (Å²) in [6, 6.07) is 10.3. The second-order valence-electron chi connectivity index (χ2n) is 5.85. The average molecular weight is 388 g/mol. The largest absolute Gasteiger partial charge is 0.269 e. The molecule has 0 aliphatic heterocycles. The van der Waals surface area contributed by atoms with E-state index in [2.05, 4.69) is 20.2 Å². The Kier molecular flexibility index (Phi) is 4.97. The summed E-state index contributed by atoms with van der Waals surface area (Å²) in [5, 5.41) is 22.1. The van der Waals surface area contributed by atoms with Crippen LogP contribution in [0.15, 0.2) is 47.4 Å². The van der Waals surface area contributed by atoms with Crippen molar-refractivity contribution in [3.05, 3.63) is 69.5 Å². The van der Waals surface area contributed by atoms with Crippen molar-refractivity contribution in [2.75, 3.05) is 0 Å². The average Bonchev–Trinajstić information content (AvgIpc) is 3.11. The monoisotopic (exact) mass is 388 g/mol. The summed E-state index contributed by atoms with van der Waals surface area (Å²) in [6.07, 6.45) is 0. The third-order valence-electron chi connectivity index (χ3n) is 4.05. The number of tetrazole rings is 1. The molecule has 10 nitrogen and oxygen atoms in total. The third kappa shape index (κ3) is 3.99. The van der Waals surface area contributed by atoms with Gasteiger partial charge >= 0.3 is 0 Å². The molecule has 0 radical (unpaired) electrons. The van der Waals surface area contributed by atoms with Gasteiger partial charge in [0.1, 0.15) is 0 Å². The molecule has 140 valence electrons. The highest BCUT2D eigenvalue weighted by Crippen LogP contribution is 2.17. The zero-order chi connectivity index (χ0) is 19.6. The quantitative estimate of drug-likeness (QED) is 0.501. The molecular weight excluding hydrogens is 372 g/mol. The van der Waals surface area contributed by atoms with E-state index in [0.717, 1.165) is 23.3 Å². The van der Waals surface area contributed by atoms with Gasteiger partial charge in [0.05, 0.1) is 22.1 Å². The van der Waals surface area contributed by atoms with Crippen LogP contribution < -0.4 is 4.72 Å². The molecule has 3 rings (SSSR count). The summed E-state index contributed by atoms with van der Waals surface area (Å²) < 4.78 is 28.6. The molecule has 0 bridgehead atoms. The van der Waals surface area contributed by atoms with Gasteiger partial charge in [0.25, 0.3) is 5.69 Å². The van der Waals surface area contributed by atoms with Crippen molar-refractivity contribution < 1.29 is 13.3 Å². The first-order valence-electron chi connectivity index (χ1n) is 7.87. The van der Waals surface area contributed by atoms with Crippen molar-refractivity contribution in [2.45, 2.75) is 25.3 Å². The number of nitro groups is 1. The molecule has 11 heteroatoms. The SMILES string of the molecule is Cc1ccc(-n2nnnc2CNS(=O)(=O)c2ccc([N+](=O)[O-])cc2)cc1C. The minimum atomic E-state index is -3.87. The van der Waals surface area contributed by atoms with Crippen LogP contribution in [0.1, 0.15) is 17.0 Å². The van der Waals surface area contributed by atoms with Gasteiger partial charge in [0, 0.05) is 12.1 Å². The molecule has 27 heavy (non-hydrogen) atoms. The molecule has 0 saturated heterocycles. The van der Waals surface area contributed by atoms with E-state index in [1.54, 1.807) is 0 Å². The summed E-state index contributed by atoms with van der Waals surface area (Å²) in [5.41, 5.74) is 2.70. The van der Waals surface area contributed by atoms with Crippen molar-refractivity contribution in [1.82, 2.24) is 24.9 Å².